The highest BCUT2D eigenvalue weighted by Crippen LogP contribution is 2.45. The van der Waals surface area contributed by atoms with E-state index in [4.69, 9.17) is 4.74 Å². The molecule has 0 unspecified atom stereocenters. The van der Waals surface area contributed by atoms with Crippen LogP contribution in [0, 0.1) is 6.92 Å². The summed E-state index contributed by atoms with van der Waals surface area (Å²) in [6, 6.07) is 5.20. The molecule has 0 aliphatic rings. The average Bonchev–Trinajstić information content (AvgIpc) is 2.31. The lowest BCUT2D eigenvalue weighted by Gasteiger charge is -2.13. The van der Waals surface area contributed by atoms with Gasteiger partial charge in [-0.3, -0.25) is 0 Å². The molecule has 0 amide bonds. The zero-order chi connectivity index (χ0) is 14.2. The highest BCUT2D eigenvalue weighted by molar-refractivity contribution is 5.82. The molecule has 0 spiro atoms. The molecule has 5 heteroatoms. The number of phenols is 4. The number of benzene rings is 2. The van der Waals surface area contributed by atoms with Gasteiger partial charge in [-0.05, 0) is 24.6 Å². The predicted molar refractivity (Wildman–Crippen MR) is 69.8 cm³/mol. The van der Waals surface area contributed by atoms with Crippen LogP contribution in [0.3, 0.4) is 0 Å². The van der Waals surface area contributed by atoms with Crippen LogP contribution in [0.1, 0.15) is 5.56 Å². The quantitative estimate of drug-likeness (QED) is 0.624. The first kappa shape index (κ1) is 12.9. The predicted octanol–water partition coefficient (Wildman–Crippen LogP) is 2.49. The lowest BCUT2D eigenvalue weighted by Crippen LogP contribution is -1.89. The molecule has 0 radical (unpaired) electrons. The van der Waals surface area contributed by atoms with Crippen molar-refractivity contribution in [2.75, 3.05) is 7.11 Å². The summed E-state index contributed by atoms with van der Waals surface area (Å²) in [4.78, 5) is 0. The van der Waals surface area contributed by atoms with E-state index in [1.54, 1.807) is 6.92 Å². The molecule has 19 heavy (non-hydrogen) atoms. The summed E-state index contributed by atoms with van der Waals surface area (Å²) in [6.45, 7) is 1.67. The van der Waals surface area contributed by atoms with Crippen molar-refractivity contribution in [1.82, 2.24) is 0 Å². The Balaban J connectivity index is 2.76. The maximum atomic E-state index is 10.1. The summed E-state index contributed by atoms with van der Waals surface area (Å²) in [5.74, 6) is -0.464. The SMILES string of the molecule is COc1cc(O)cc(-c2c(C)cc(O)cc2O)c1O. The van der Waals surface area contributed by atoms with Crippen LogP contribution in [0.25, 0.3) is 11.1 Å². The Labute approximate surface area is 110 Å². The van der Waals surface area contributed by atoms with Crippen molar-refractivity contribution in [3.05, 3.63) is 29.8 Å². The van der Waals surface area contributed by atoms with Crippen molar-refractivity contribution >= 4 is 0 Å². The summed E-state index contributed by atoms with van der Waals surface area (Å²) in [5, 5.41) is 39.0. The maximum Gasteiger partial charge on any atom is 0.166 e. The van der Waals surface area contributed by atoms with Crippen LogP contribution in [0.4, 0.5) is 0 Å². The van der Waals surface area contributed by atoms with Crippen LogP contribution >= 0.6 is 0 Å². The summed E-state index contributed by atoms with van der Waals surface area (Å²) < 4.78 is 4.95. The molecule has 0 aliphatic carbocycles. The minimum atomic E-state index is -0.194. The normalized spacial score (nSPS) is 10.4. The summed E-state index contributed by atoms with van der Waals surface area (Å²) in [7, 11) is 1.36. The molecule has 0 heterocycles. The highest BCUT2D eigenvalue weighted by Gasteiger charge is 2.17. The Morgan fingerprint density at radius 1 is 0.895 bits per heavy atom. The van der Waals surface area contributed by atoms with Crippen molar-refractivity contribution in [1.29, 1.82) is 0 Å². The Bertz CT molecular complexity index is 611. The largest absolute Gasteiger partial charge is 0.508 e. The lowest BCUT2D eigenvalue weighted by atomic mass is 9.97. The van der Waals surface area contributed by atoms with E-state index in [0.717, 1.165) is 6.07 Å². The Hall–Kier alpha value is -2.56. The van der Waals surface area contributed by atoms with Crippen LogP contribution in [-0.2, 0) is 0 Å². The fourth-order valence-electron chi connectivity index (χ4n) is 2.04. The first-order valence-electron chi connectivity index (χ1n) is 5.57. The third-order valence-electron chi connectivity index (χ3n) is 2.85. The second-order valence-corrected chi connectivity index (χ2v) is 4.20. The van der Waals surface area contributed by atoms with Gasteiger partial charge in [0.2, 0.25) is 0 Å². The molecule has 0 atom stereocenters. The number of hydrogen-bond acceptors (Lipinski definition) is 5. The highest BCUT2D eigenvalue weighted by atomic mass is 16.5. The van der Waals surface area contributed by atoms with Crippen molar-refractivity contribution < 1.29 is 25.2 Å². The minimum Gasteiger partial charge on any atom is -0.508 e. The third-order valence-corrected chi connectivity index (χ3v) is 2.85. The molecule has 0 aliphatic heterocycles. The van der Waals surface area contributed by atoms with Gasteiger partial charge in [-0.15, -0.1) is 0 Å². The standard InChI is InChI=1S/C14H14O5/c1-7-3-8(15)5-11(17)13(7)10-4-9(16)6-12(19-2)14(10)18/h3-6,15-18H,1-2H3. The second-order valence-electron chi connectivity index (χ2n) is 4.20. The van der Waals surface area contributed by atoms with Crippen LogP contribution in [0.5, 0.6) is 28.7 Å². The third kappa shape index (κ3) is 2.22. The van der Waals surface area contributed by atoms with Crippen molar-refractivity contribution in [2.24, 2.45) is 0 Å². The second kappa shape index (κ2) is 4.61. The van der Waals surface area contributed by atoms with Gasteiger partial charge in [0.25, 0.3) is 0 Å². The molecular formula is C14H14O5. The molecule has 0 aromatic heterocycles. The Morgan fingerprint density at radius 2 is 1.53 bits per heavy atom. The van der Waals surface area contributed by atoms with Gasteiger partial charge in [-0.1, -0.05) is 0 Å². The number of aryl methyl sites for hydroxylation is 1. The molecule has 100 valence electrons. The zero-order valence-electron chi connectivity index (χ0n) is 10.5. The van der Waals surface area contributed by atoms with Gasteiger partial charge in [0.05, 0.1) is 7.11 Å². The number of hydrogen-bond donors (Lipinski definition) is 4. The first-order chi connectivity index (χ1) is 8.93. The van der Waals surface area contributed by atoms with Crippen molar-refractivity contribution in [3.8, 4) is 39.9 Å². The Morgan fingerprint density at radius 3 is 2.11 bits per heavy atom. The fourth-order valence-corrected chi connectivity index (χ4v) is 2.04. The molecule has 5 nitrogen and oxygen atoms in total. The van der Waals surface area contributed by atoms with Gasteiger partial charge in [-0.25, -0.2) is 0 Å². The minimum absolute atomic E-state index is 0.0784. The number of methoxy groups -OCH3 is 1. The van der Waals surface area contributed by atoms with Crippen molar-refractivity contribution in [3.63, 3.8) is 0 Å². The van der Waals surface area contributed by atoms with Crippen LogP contribution in [0.2, 0.25) is 0 Å². The monoisotopic (exact) mass is 262 g/mol. The van der Waals surface area contributed by atoms with E-state index in [-0.39, 0.29) is 34.3 Å². The fraction of sp³-hybridized carbons (Fsp3) is 0.143. The van der Waals surface area contributed by atoms with Crippen LogP contribution in [0.15, 0.2) is 24.3 Å². The lowest BCUT2D eigenvalue weighted by molar-refractivity contribution is 0.369. The van der Waals surface area contributed by atoms with Gasteiger partial charge in [0, 0.05) is 23.3 Å². The van der Waals surface area contributed by atoms with Crippen molar-refractivity contribution in [2.45, 2.75) is 6.92 Å². The molecule has 2 rings (SSSR count). The van der Waals surface area contributed by atoms with Gasteiger partial charge in [-0.2, -0.15) is 0 Å². The molecule has 0 bridgehead atoms. The van der Waals surface area contributed by atoms with E-state index in [1.807, 2.05) is 0 Å². The number of ether oxygens (including phenoxy) is 1. The first-order valence-corrected chi connectivity index (χ1v) is 5.57. The molecular weight excluding hydrogens is 248 g/mol. The van der Waals surface area contributed by atoms with E-state index in [9.17, 15) is 20.4 Å². The van der Waals surface area contributed by atoms with Crippen LogP contribution in [-0.4, -0.2) is 27.5 Å². The van der Waals surface area contributed by atoms with E-state index < -0.39 is 0 Å². The van der Waals surface area contributed by atoms with Gasteiger partial charge in [0.15, 0.2) is 11.5 Å². The molecule has 2 aromatic rings. The van der Waals surface area contributed by atoms with Gasteiger partial charge in [0.1, 0.15) is 17.2 Å². The molecule has 0 saturated heterocycles. The van der Waals surface area contributed by atoms with E-state index in [0.29, 0.717) is 11.1 Å². The molecule has 0 fully saturated rings. The topological polar surface area (TPSA) is 90.2 Å². The summed E-state index contributed by atoms with van der Waals surface area (Å²) in [6.07, 6.45) is 0. The van der Waals surface area contributed by atoms with Gasteiger partial charge >= 0.3 is 0 Å². The van der Waals surface area contributed by atoms with Gasteiger partial charge < -0.3 is 25.2 Å². The molecule has 4 N–H and O–H groups in total. The Kier molecular flexibility index (Phi) is 3.12. The van der Waals surface area contributed by atoms with E-state index in [1.165, 1.54) is 25.3 Å². The summed E-state index contributed by atoms with van der Waals surface area (Å²) in [5.41, 5.74) is 1.11. The average molecular weight is 262 g/mol. The molecule has 2 aromatic carbocycles. The van der Waals surface area contributed by atoms with E-state index in [2.05, 4.69) is 0 Å². The number of aromatic hydroxyl groups is 4. The van der Waals surface area contributed by atoms with E-state index >= 15 is 0 Å². The van der Waals surface area contributed by atoms with Crippen LogP contribution < -0.4 is 4.74 Å². The smallest absolute Gasteiger partial charge is 0.166 e. The number of phenolic OH excluding ortho intramolecular Hbond substituents is 4. The zero-order valence-corrected chi connectivity index (χ0v) is 10.5. The molecule has 0 saturated carbocycles. The maximum absolute atomic E-state index is 10.1. The summed E-state index contributed by atoms with van der Waals surface area (Å²) >= 11 is 0. The number of rotatable bonds is 2.